The maximum absolute atomic E-state index is 12.3. The van der Waals surface area contributed by atoms with Crippen molar-refractivity contribution in [3.8, 4) is 11.5 Å². The largest absolute Gasteiger partial charge is 0.493 e. The number of anilines is 1. The van der Waals surface area contributed by atoms with Crippen molar-refractivity contribution in [3.63, 3.8) is 0 Å². The average Bonchev–Trinajstić information content (AvgIpc) is 2.71. The molecule has 2 rings (SSSR count). The highest BCUT2D eigenvalue weighted by Gasteiger charge is 2.22. The van der Waals surface area contributed by atoms with E-state index in [1.165, 1.54) is 25.8 Å². The van der Waals surface area contributed by atoms with E-state index in [4.69, 9.17) is 9.47 Å². The molecule has 0 unspecified atom stereocenters. The summed E-state index contributed by atoms with van der Waals surface area (Å²) < 4.78 is 35.9. The maximum Gasteiger partial charge on any atom is 0.240 e. The van der Waals surface area contributed by atoms with Crippen LogP contribution < -0.4 is 19.1 Å². The van der Waals surface area contributed by atoms with Crippen LogP contribution in [0.25, 0.3) is 0 Å². The fourth-order valence-corrected chi connectivity index (χ4v) is 4.26. The van der Waals surface area contributed by atoms with Crippen molar-refractivity contribution >= 4 is 33.4 Å². The average molecular weight is 439 g/mol. The summed E-state index contributed by atoms with van der Waals surface area (Å²) in [5, 5.41) is 2.77. The van der Waals surface area contributed by atoms with Crippen LogP contribution in [-0.2, 0) is 20.6 Å². The summed E-state index contributed by atoms with van der Waals surface area (Å²) in [4.78, 5) is 12.3. The summed E-state index contributed by atoms with van der Waals surface area (Å²) in [6.07, 6.45) is 1.06. The Morgan fingerprint density at radius 1 is 1.07 bits per heavy atom. The van der Waals surface area contributed by atoms with E-state index < -0.39 is 10.0 Å². The van der Waals surface area contributed by atoms with Gasteiger partial charge >= 0.3 is 0 Å². The van der Waals surface area contributed by atoms with Gasteiger partial charge in [-0.1, -0.05) is 30.3 Å². The molecule has 29 heavy (non-hydrogen) atoms. The Labute approximate surface area is 176 Å². The summed E-state index contributed by atoms with van der Waals surface area (Å²) in [6, 6.07) is 14.8. The fraction of sp³-hybridized carbons (Fsp3) is 0.350. The van der Waals surface area contributed by atoms with Gasteiger partial charge in [-0.15, -0.1) is 0 Å². The molecule has 0 aliphatic carbocycles. The normalized spacial score (nSPS) is 11.0. The zero-order valence-corrected chi connectivity index (χ0v) is 18.4. The highest BCUT2D eigenvalue weighted by molar-refractivity contribution is 7.98. The molecule has 0 saturated heterocycles. The molecule has 0 atom stereocenters. The second kappa shape index (κ2) is 11.0. The number of hydrogen-bond donors (Lipinski definition) is 1. The molecule has 0 bridgehead atoms. The van der Waals surface area contributed by atoms with E-state index in [1.54, 1.807) is 23.9 Å². The van der Waals surface area contributed by atoms with Crippen molar-refractivity contribution in [2.75, 3.05) is 43.6 Å². The van der Waals surface area contributed by atoms with E-state index in [-0.39, 0.29) is 12.5 Å². The van der Waals surface area contributed by atoms with Crippen LogP contribution in [0.3, 0.4) is 0 Å². The molecular formula is C20H26N2O5S2. The first-order valence-corrected chi connectivity index (χ1v) is 11.9. The molecule has 0 aliphatic rings. The summed E-state index contributed by atoms with van der Waals surface area (Å²) in [5.41, 5.74) is 1.55. The first-order valence-electron chi connectivity index (χ1n) is 8.93. The number of nitrogens with one attached hydrogen (secondary N) is 1. The summed E-state index contributed by atoms with van der Waals surface area (Å²) in [6.45, 7) is 0.150. The second-order valence-electron chi connectivity index (χ2n) is 6.20. The van der Waals surface area contributed by atoms with Crippen LogP contribution in [0.1, 0.15) is 5.56 Å². The van der Waals surface area contributed by atoms with Gasteiger partial charge in [-0.2, -0.15) is 11.8 Å². The Hall–Kier alpha value is -2.39. The fourth-order valence-electron chi connectivity index (χ4n) is 2.59. The molecule has 0 fully saturated rings. The highest BCUT2D eigenvalue weighted by atomic mass is 32.2. The van der Waals surface area contributed by atoms with E-state index in [9.17, 15) is 13.2 Å². The smallest absolute Gasteiger partial charge is 0.240 e. The maximum atomic E-state index is 12.3. The molecule has 158 valence electrons. The van der Waals surface area contributed by atoms with Crippen LogP contribution in [0.15, 0.2) is 48.5 Å². The van der Waals surface area contributed by atoms with Gasteiger partial charge in [-0.05, 0) is 17.7 Å². The van der Waals surface area contributed by atoms with Crippen LogP contribution >= 0.6 is 11.8 Å². The summed E-state index contributed by atoms with van der Waals surface area (Å²) >= 11 is 1.70. The molecule has 1 amide bonds. The number of thioether (sulfide) groups is 1. The first kappa shape index (κ1) is 22.9. The number of ether oxygens (including phenoxy) is 2. The molecular weight excluding hydrogens is 412 g/mol. The van der Waals surface area contributed by atoms with Gasteiger partial charge < -0.3 is 14.8 Å². The number of hydrogen-bond acceptors (Lipinski definition) is 6. The Morgan fingerprint density at radius 3 is 2.38 bits per heavy atom. The van der Waals surface area contributed by atoms with E-state index in [0.717, 1.165) is 22.1 Å². The lowest BCUT2D eigenvalue weighted by Crippen LogP contribution is -2.41. The van der Waals surface area contributed by atoms with Crippen molar-refractivity contribution in [1.29, 1.82) is 0 Å². The zero-order valence-electron chi connectivity index (χ0n) is 16.8. The topological polar surface area (TPSA) is 84.9 Å². The first-order chi connectivity index (χ1) is 13.8. The third kappa shape index (κ3) is 7.17. The molecule has 0 radical (unpaired) electrons. The Morgan fingerprint density at radius 2 is 1.76 bits per heavy atom. The van der Waals surface area contributed by atoms with E-state index in [0.29, 0.717) is 23.7 Å². The number of benzene rings is 2. The third-order valence-electron chi connectivity index (χ3n) is 4.02. The monoisotopic (exact) mass is 438 g/mol. The molecule has 0 heterocycles. The lowest BCUT2D eigenvalue weighted by atomic mass is 10.2. The third-order valence-corrected chi connectivity index (χ3v) is 6.19. The van der Waals surface area contributed by atoms with Gasteiger partial charge in [0, 0.05) is 24.1 Å². The van der Waals surface area contributed by atoms with Gasteiger partial charge in [0.05, 0.1) is 26.2 Å². The van der Waals surface area contributed by atoms with Crippen LogP contribution in [-0.4, -0.2) is 53.6 Å². The predicted octanol–water partition coefficient (Wildman–Crippen LogP) is 2.52. The van der Waals surface area contributed by atoms with Crippen LogP contribution in [0.2, 0.25) is 0 Å². The van der Waals surface area contributed by atoms with Crippen molar-refractivity contribution in [1.82, 2.24) is 5.32 Å². The number of nitrogens with zero attached hydrogens (tertiary/aromatic N) is 1. The highest BCUT2D eigenvalue weighted by Crippen LogP contribution is 2.32. The number of rotatable bonds is 11. The van der Waals surface area contributed by atoms with Crippen molar-refractivity contribution < 1.29 is 22.7 Å². The Bertz CT molecular complexity index is 904. The molecule has 2 aromatic rings. The zero-order chi connectivity index (χ0) is 21.3. The standard InChI is InChI=1S/C20H26N2O5S2/c1-26-18-10-9-17(13-19(18)27-2)22(29(3,24)25)14-20(23)21-11-12-28-15-16-7-5-4-6-8-16/h4-10,13H,11-12,14-15H2,1-3H3,(H,21,23). The molecule has 1 N–H and O–H groups in total. The van der Waals surface area contributed by atoms with Crippen molar-refractivity contribution in [3.05, 3.63) is 54.1 Å². The van der Waals surface area contributed by atoms with Crippen molar-refractivity contribution in [2.24, 2.45) is 0 Å². The van der Waals surface area contributed by atoms with Crippen molar-refractivity contribution in [2.45, 2.75) is 5.75 Å². The van der Waals surface area contributed by atoms with Gasteiger partial charge in [-0.3, -0.25) is 9.10 Å². The van der Waals surface area contributed by atoms with Crippen LogP contribution in [0.4, 0.5) is 5.69 Å². The number of carbonyl (C=O) groups is 1. The number of amides is 1. The minimum Gasteiger partial charge on any atom is -0.493 e. The quantitative estimate of drug-likeness (QED) is 0.543. The minimum absolute atomic E-state index is 0.308. The van der Waals surface area contributed by atoms with Crippen LogP contribution in [0.5, 0.6) is 11.5 Å². The molecule has 0 aliphatic heterocycles. The molecule has 0 aromatic heterocycles. The van der Waals surface area contributed by atoms with Gasteiger partial charge in [0.15, 0.2) is 11.5 Å². The second-order valence-corrected chi connectivity index (χ2v) is 9.21. The van der Waals surface area contributed by atoms with Gasteiger partial charge in [-0.25, -0.2) is 8.42 Å². The lowest BCUT2D eigenvalue weighted by Gasteiger charge is -2.23. The van der Waals surface area contributed by atoms with E-state index in [2.05, 4.69) is 17.4 Å². The molecule has 9 heteroatoms. The number of carbonyl (C=O) groups excluding carboxylic acids is 1. The van der Waals surface area contributed by atoms with Gasteiger partial charge in [0.2, 0.25) is 15.9 Å². The van der Waals surface area contributed by atoms with E-state index in [1.807, 2.05) is 18.2 Å². The Kier molecular flexibility index (Phi) is 8.66. The van der Waals surface area contributed by atoms with E-state index >= 15 is 0 Å². The summed E-state index contributed by atoms with van der Waals surface area (Å²) in [5.74, 6) is 2.08. The molecule has 0 saturated carbocycles. The summed E-state index contributed by atoms with van der Waals surface area (Å²) in [7, 11) is -0.698. The van der Waals surface area contributed by atoms with Gasteiger partial charge in [0.25, 0.3) is 0 Å². The molecule has 0 spiro atoms. The molecule has 7 nitrogen and oxygen atoms in total. The predicted molar refractivity (Wildman–Crippen MR) is 117 cm³/mol. The van der Waals surface area contributed by atoms with Gasteiger partial charge in [0.1, 0.15) is 6.54 Å². The number of methoxy groups -OCH3 is 2. The lowest BCUT2D eigenvalue weighted by molar-refractivity contribution is -0.119. The molecule has 2 aromatic carbocycles. The number of sulfonamides is 1. The Balaban J connectivity index is 1.92. The SMILES string of the molecule is COc1ccc(N(CC(=O)NCCSCc2ccccc2)S(C)(=O)=O)cc1OC. The minimum atomic E-state index is -3.66. The van der Waals surface area contributed by atoms with Crippen LogP contribution in [0, 0.1) is 0 Å².